The SMILES string of the molecule is CC[Si](C#CC[C@@H](O)COc1ccccc1OC[C@@H]1COC(C)(C)O1)(CC)CC. The summed E-state index contributed by atoms with van der Waals surface area (Å²) in [5.41, 5.74) is 3.50. The molecule has 0 bridgehead atoms. The summed E-state index contributed by atoms with van der Waals surface area (Å²) in [6, 6.07) is 11.0. The molecule has 29 heavy (non-hydrogen) atoms. The summed E-state index contributed by atoms with van der Waals surface area (Å²) in [7, 11) is -1.47. The molecule has 1 aliphatic heterocycles. The Hall–Kier alpha value is -1.52. The van der Waals surface area contributed by atoms with Gasteiger partial charge in [-0.25, -0.2) is 0 Å². The Morgan fingerprint density at radius 2 is 1.76 bits per heavy atom. The van der Waals surface area contributed by atoms with Gasteiger partial charge >= 0.3 is 0 Å². The van der Waals surface area contributed by atoms with Crippen molar-refractivity contribution in [3.05, 3.63) is 24.3 Å². The third kappa shape index (κ3) is 7.34. The summed E-state index contributed by atoms with van der Waals surface area (Å²) < 4.78 is 23.0. The van der Waals surface area contributed by atoms with E-state index in [2.05, 4.69) is 32.2 Å². The molecule has 1 N–H and O–H groups in total. The monoisotopic (exact) mass is 420 g/mol. The van der Waals surface area contributed by atoms with Crippen LogP contribution in [-0.2, 0) is 9.47 Å². The predicted octanol–water partition coefficient (Wildman–Crippen LogP) is 4.40. The molecule has 162 valence electrons. The highest BCUT2D eigenvalue weighted by Crippen LogP contribution is 2.28. The van der Waals surface area contributed by atoms with Crippen molar-refractivity contribution in [3.63, 3.8) is 0 Å². The van der Waals surface area contributed by atoms with Gasteiger partial charge in [0, 0.05) is 6.42 Å². The van der Waals surface area contributed by atoms with E-state index < -0.39 is 20.0 Å². The molecule has 0 radical (unpaired) electrons. The molecule has 0 aliphatic carbocycles. The molecule has 1 heterocycles. The average Bonchev–Trinajstić information content (AvgIpc) is 3.08. The molecule has 6 heteroatoms. The van der Waals surface area contributed by atoms with Gasteiger partial charge < -0.3 is 24.1 Å². The Labute approximate surface area is 176 Å². The van der Waals surface area contributed by atoms with Gasteiger partial charge in [-0.3, -0.25) is 0 Å². The molecule has 0 spiro atoms. The van der Waals surface area contributed by atoms with Gasteiger partial charge in [0.05, 0.1) is 12.7 Å². The molecule has 2 rings (SSSR count). The molecule has 2 atom stereocenters. The summed E-state index contributed by atoms with van der Waals surface area (Å²) >= 11 is 0. The van der Waals surface area contributed by atoms with Crippen molar-refractivity contribution in [1.82, 2.24) is 0 Å². The zero-order valence-electron chi connectivity index (χ0n) is 18.5. The fourth-order valence-electron chi connectivity index (χ4n) is 3.33. The van der Waals surface area contributed by atoms with E-state index in [1.165, 1.54) is 0 Å². The lowest BCUT2D eigenvalue weighted by Crippen LogP contribution is -2.29. The van der Waals surface area contributed by atoms with E-state index in [1.807, 2.05) is 38.1 Å². The van der Waals surface area contributed by atoms with Crippen LogP contribution in [0.1, 0.15) is 41.0 Å². The van der Waals surface area contributed by atoms with Crippen molar-refractivity contribution in [1.29, 1.82) is 0 Å². The minimum atomic E-state index is -1.47. The van der Waals surface area contributed by atoms with Crippen molar-refractivity contribution in [2.24, 2.45) is 0 Å². The maximum Gasteiger partial charge on any atom is 0.163 e. The standard InChI is InChI=1S/C23H36O5Si/c1-6-29(7-2,8-3)15-11-12-19(24)16-25-21-13-9-10-14-22(21)26-17-20-18-27-23(4,5)28-20/h9-10,13-14,19-20,24H,6-8,12,16-18H2,1-5H3/t19-,20-/m1/s1. The summed E-state index contributed by atoms with van der Waals surface area (Å²) in [6.07, 6.45) is -0.306. The molecular formula is C23H36O5Si. The van der Waals surface area contributed by atoms with Gasteiger partial charge in [0.25, 0.3) is 0 Å². The number of rotatable bonds is 10. The third-order valence-electron chi connectivity index (χ3n) is 5.49. The second kappa shape index (κ2) is 11.0. The largest absolute Gasteiger partial charge is 0.487 e. The maximum atomic E-state index is 10.3. The summed E-state index contributed by atoms with van der Waals surface area (Å²) in [5, 5.41) is 10.3. The number of aliphatic hydroxyl groups is 1. The van der Waals surface area contributed by atoms with Gasteiger partial charge in [0.1, 0.15) is 27.4 Å². The molecule has 5 nitrogen and oxygen atoms in total. The Balaban J connectivity index is 1.85. The van der Waals surface area contributed by atoms with Crippen LogP contribution in [0.5, 0.6) is 11.5 Å². The fraction of sp³-hybridized carbons (Fsp3) is 0.652. The van der Waals surface area contributed by atoms with Crippen molar-refractivity contribution < 1.29 is 24.1 Å². The first-order valence-corrected chi connectivity index (χ1v) is 13.3. The second-order valence-corrected chi connectivity index (χ2v) is 13.0. The Morgan fingerprint density at radius 3 is 2.31 bits per heavy atom. The number of aliphatic hydroxyl groups excluding tert-OH is 1. The number of benzene rings is 1. The number of ether oxygens (including phenoxy) is 4. The van der Waals surface area contributed by atoms with E-state index in [9.17, 15) is 5.11 Å². The number of hydrogen-bond acceptors (Lipinski definition) is 5. The van der Waals surface area contributed by atoms with Gasteiger partial charge in [0.2, 0.25) is 0 Å². The Kier molecular flexibility index (Phi) is 9.03. The lowest BCUT2D eigenvalue weighted by atomic mass is 10.3. The van der Waals surface area contributed by atoms with Crippen LogP contribution >= 0.6 is 0 Å². The molecule has 1 aromatic carbocycles. The summed E-state index contributed by atoms with van der Waals surface area (Å²) in [4.78, 5) is 0. The first-order valence-electron chi connectivity index (χ1n) is 10.7. The summed E-state index contributed by atoms with van der Waals surface area (Å²) in [6.45, 7) is 11.5. The predicted molar refractivity (Wildman–Crippen MR) is 118 cm³/mol. The van der Waals surface area contributed by atoms with E-state index >= 15 is 0 Å². The van der Waals surface area contributed by atoms with E-state index in [-0.39, 0.29) is 12.7 Å². The lowest BCUT2D eigenvalue weighted by molar-refractivity contribution is -0.141. The normalized spacial score (nSPS) is 19.3. The first-order chi connectivity index (χ1) is 13.8. The van der Waals surface area contributed by atoms with E-state index in [0.29, 0.717) is 31.1 Å². The second-order valence-electron chi connectivity index (χ2n) is 8.02. The highest BCUT2D eigenvalue weighted by molar-refractivity contribution is 6.87. The van der Waals surface area contributed by atoms with Crippen LogP contribution in [0.2, 0.25) is 18.1 Å². The van der Waals surface area contributed by atoms with Crippen molar-refractivity contribution in [2.45, 2.75) is 77.2 Å². The molecule has 1 aromatic rings. The smallest absolute Gasteiger partial charge is 0.163 e. The van der Waals surface area contributed by atoms with Crippen LogP contribution in [-0.4, -0.2) is 51.0 Å². The minimum Gasteiger partial charge on any atom is -0.487 e. The van der Waals surface area contributed by atoms with Crippen LogP contribution in [0.4, 0.5) is 0 Å². The fourth-order valence-corrected chi connectivity index (χ4v) is 5.84. The molecule has 0 saturated carbocycles. The summed E-state index contributed by atoms with van der Waals surface area (Å²) in [5.74, 6) is 3.89. The van der Waals surface area contributed by atoms with Crippen LogP contribution < -0.4 is 9.47 Å². The van der Waals surface area contributed by atoms with Gasteiger partial charge in [-0.2, -0.15) is 0 Å². The van der Waals surface area contributed by atoms with Gasteiger partial charge in [-0.05, 0) is 44.1 Å². The zero-order chi connectivity index (χ0) is 21.3. The van der Waals surface area contributed by atoms with Crippen LogP contribution in [0.25, 0.3) is 0 Å². The third-order valence-corrected chi connectivity index (χ3v) is 10.3. The minimum absolute atomic E-state index is 0.112. The topological polar surface area (TPSA) is 57.2 Å². The van der Waals surface area contributed by atoms with Gasteiger partial charge in [0.15, 0.2) is 17.3 Å². The molecule has 1 fully saturated rings. The van der Waals surface area contributed by atoms with Crippen LogP contribution in [0.3, 0.4) is 0 Å². The van der Waals surface area contributed by atoms with Crippen molar-refractivity contribution in [3.8, 4) is 23.0 Å². The number of para-hydroxylation sites is 2. The van der Waals surface area contributed by atoms with E-state index in [4.69, 9.17) is 18.9 Å². The number of hydrogen-bond donors (Lipinski definition) is 1. The molecule has 0 aromatic heterocycles. The van der Waals surface area contributed by atoms with Crippen LogP contribution in [0.15, 0.2) is 24.3 Å². The average molecular weight is 421 g/mol. The quantitative estimate of drug-likeness (QED) is 0.449. The highest BCUT2D eigenvalue weighted by Gasteiger charge is 2.33. The van der Waals surface area contributed by atoms with E-state index in [1.54, 1.807) is 0 Å². The molecule has 0 unspecified atom stereocenters. The molecular weight excluding hydrogens is 384 g/mol. The van der Waals surface area contributed by atoms with Crippen molar-refractivity contribution in [2.75, 3.05) is 19.8 Å². The molecule has 0 amide bonds. The lowest BCUT2D eigenvalue weighted by Gasteiger charge is -2.20. The Morgan fingerprint density at radius 1 is 1.14 bits per heavy atom. The Bertz CT molecular complexity index is 682. The van der Waals surface area contributed by atoms with E-state index in [0.717, 1.165) is 18.1 Å². The molecule has 1 saturated heterocycles. The van der Waals surface area contributed by atoms with Gasteiger partial charge in [-0.1, -0.05) is 32.9 Å². The van der Waals surface area contributed by atoms with Crippen molar-refractivity contribution >= 4 is 8.07 Å². The molecule has 1 aliphatic rings. The first kappa shape index (κ1) is 23.8. The van der Waals surface area contributed by atoms with Crippen LogP contribution in [0, 0.1) is 11.5 Å². The zero-order valence-corrected chi connectivity index (χ0v) is 19.5. The highest BCUT2D eigenvalue weighted by atomic mass is 28.3. The maximum absolute atomic E-state index is 10.3. The van der Waals surface area contributed by atoms with Gasteiger partial charge in [-0.15, -0.1) is 11.5 Å².